The van der Waals surface area contributed by atoms with E-state index in [0.717, 1.165) is 5.56 Å². The van der Waals surface area contributed by atoms with Gasteiger partial charge in [-0.15, -0.1) is 0 Å². The highest BCUT2D eigenvalue weighted by Crippen LogP contribution is 2.36. The summed E-state index contributed by atoms with van der Waals surface area (Å²) < 4.78 is 23.5. The van der Waals surface area contributed by atoms with Crippen molar-refractivity contribution in [1.29, 1.82) is 5.26 Å². The van der Waals surface area contributed by atoms with Gasteiger partial charge < -0.3 is 18.9 Å². The maximum absolute atomic E-state index is 13.7. The Bertz CT molecular complexity index is 1600. The first-order valence-electron chi connectivity index (χ1n) is 11.4. The van der Waals surface area contributed by atoms with Crippen molar-refractivity contribution < 1.29 is 23.7 Å². The third kappa shape index (κ3) is 5.13. The first kappa shape index (κ1) is 25.7. The lowest BCUT2D eigenvalue weighted by Crippen LogP contribution is -2.39. The molecular formula is C27H25N3O6S. The molecule has 3 aromatic rings. The zero-order chi connectivity index (χ0) is 26.5. The lowest BCUT2D eigenvalue weighted by molar-refractivity contribution is -0.139. The number of thiazole rings is 1. The van der Waals surface area contributed by atoms with Crippen molar-refractivity contribution in [2.24, 2.45) is 4.99 Å². The second kappa shape index (κ2) is 11.1. The van der Waals surface area contributed by atoms with Crippen LogP contribution in [0.2, 0.25) is 0 Å². The maximum Gasteiger partial charge on any atom is 0.338 e. The molecule has 4 rings (SSSR count). The van der Waals surface area contributed by atoms with E-state index in [0.29, 0.717) is 37.8 Å². The first-order chi connectivity index (χ1) is 17.9. The van der Waals surface area contributed by atoms with Crippen LogP contribution in [-0.2, 0) is 9.53 Å². The van der Waals surface area contributed by atoms with Crippen molar-refractivity contribution in [3.05, 3.63) is 84.5 Å². The minimum absolute atomic E-state index is 0.0765. The van der Waals surface area contributed by atoms with Crippen LogP contribution in [0.15, 0.2) is 63.5 Å². The Kier molecular flexibility index (Phi) is 7.74. The average Bonchev–Trinajstić information content (AvgIpc) is 3.20. The van der Waals surface area contributed by atoms with Gasteiger partial charge >= 0.3 is 5.97 Å². The number of carbonyl (C=O) groups is 1. The molecule has 0 aliphatic carbocycles. The lowest BCUT2D eigenvalue weighted by Gasteiger charge is -2.25. The Morgan fingerprint density at radius 3 is 2.68 bits per heavy atom. The summed E-state index contributed by atoms with van der Waals surface area (Å²) in [5, 5.41) is 8.77. The van der Waals surface area contributed by atoms with Crippen LogP contribution in [0, 0.1) is 11.3 Å². The van der Waals surface area contributed by atoms with Gasteiger partial charge in [0.05, 0.1) is 42.7 Å². The molecule has 0 radical (unpaired) electrons. The number of hydrogen-bond acceptors (Lipinski definition) is 9. The van der Waals surface area contributed by atoms with Gasteiger partial charge in [-0.2, -0.15) is 5.26 Å². The standard InChI is InChI=1S/C27H25N3O6S/c1-5-35-26(32)23-16(2)29-27-30(24(23)18-9-10-20(33-3)21(15-18)34-4)25(31)22(37-27)14-17-7-6-8-19(13-17)36-12-11-28/h6-10,13-15,24H,5,12H2,1-4H3/b22-14-/t24-/m0/s1. The fourth-order valence-corrected chi connectivity index (χ4v) is 5.14. The zero-order valence-electron chi connectivity index (χ0n) is 20.8. The molecule has 1 aromatic heterocycles. The number of nitriles is 1. The van der Waals surface area contributed by atoms with Gasteiger partial charge in [-0.1, -0.05) is 29.5 Å². The van der Waals surface area contributed by atoms with Gasteiger partial charge in [0, 0.05) is 0 Å². The van der Waals surface area contributed by atoms with Crippen LogP contribution in [-0.4, -0.2) is 38.0 Å². The normalized spacial score (nSPS) is 14.9. The number of ether oxygens (including phenoxy) is 4. The molecule has 0 spiro atoms. The highest BCUT2D eigenvalue weighted by molar-refractivity contribution is 7.07. The number of methoxy groups -OCH3 is 2. The first-order valence-corrected chi connectivity index (χ1v) is 12.2. The van der Waals surface area contributed by atoms with Gasteiger partial charge in [0.1, 0.15) is 11.8 Å². The van der Waals surface area contributed by atoms with Crippen LogP contribution >= 0.6 is 11.3 Å². The van der Waals surface area contributed by atoms with E-state index in [9.17, 15) is 9.59 Å². The summed E-state index contributed by atoms with van der Waals surface area (Å²) in [5.74, 6) is 0.969. The van der Waals surface area contributed by atoms with Crippen LogP contribution in [0.1, 0.15) is 31.0 Å². The number of nitrogens with zero attached hydrogens (tertiary/aromatic N) is 3. The molecule has 1 aliphatic rings. The number of carbonyl (C=O) groups excluding carboxylic acids is 1. The van der Waals surface area contributed by atoms with Crippen molar-refractivity contribution in [3.63, 3.8) is 0 Å². The monoisotopic (exact) mass is 519 g/mol. The fraction of sp³-hybridized carbons (Fsp3) is 0.259. The molecule has 9 nitrogen and oxygen atoms in total. The van der Waals surface area contributed by atoms with Crippen molar-refractivity contribution >= 4 is 23.4 Å². The minimum Gasteiger partial charge on any atom is -0.493 e. The molecule has 0 fully saturated rings. The molecule has 0 bridgehead atoms. The van der Waals surface area contributed by atoms with Crippen molar-refractivity contribution in [2.75, 3.05) is 27.4 Å². The van der Waals surface area contributed by atoms with E-state index in [2.05, 4.69) is 4.99 Å². The molecule has 0 saturated carbocycles. The molecule has 0 N–H and O–H groups in total. The molecule has 2 aromatic carbocycles. The molecule has 10 heteroatoms. The summed E-state index contributed by atoms with van der Waals surface area (Å²) in [6.45, 7) is 3.56. The van der Waals surface area contributed by atoms with Crippen LogP contribution in [0.3, 0.4) is 0 Å². The van der Waals surface area contributed by atoms with Gasteiger partial charge in [-0.05, 0) is 55.3 Å². The summed E-state index contributed by atoms with van der Waals surface area (Å²) in [5.41, 5.74) is 1.82. The molecule has 1 aliphatic heterocycles. The predicted molar refractivity (Wildman–Crippen MR) is 137 cm³/mol. The van der Waals surface area contributed by atoms with E-state index in [1.807, 2.05) is 12.1 Å². The van der Waals surface area contributed by atoms with Gasteiger partial charge in [0.2, 0.25) is 0 Å². The molecule has 37 heavy (non-hydrogen) atoms. The highest BCUT2D eigenvalue weighted by Gasteiger charge is 2.33. The summed E-state index contributed by atoms with van der Waals surface area (Å²) in [7, 11) is 3.06. The number of benzene rings is 2. The van der Waals surface area contributed by atoms with E-state index >= 15 is 0 Å². The van der Waals surface area contributed by atoms with Gasteiger partial charge in [0.25, 0.3) is 5.56 Å². The molecule has 1 atom stereocenters. The molecule has 0 saturated heterocycles. The Balaban J connectivity index is 1.91. The van der Waals surface area contributed by atoms with E-state index in [1.54, 1.807) is 56.3 Å². The van der Waals surface area contributed by atoms with Gasteiger partial charge in [-0.25, -0.2) is 9.79 Å². The van der Waals surface area contributed by atoms with E-state index in [4.69, 9.17) is 24.2 Å². The smallest absolute Gasteiger partial charge is 0.338 e. The van der Waals surface area contributed by atoms with Gasteiger partial charge in [-0.3, -0.25) is 9.36 Å². The van der Waals surface area contributed by atoms with E-state index < -0.39 is 12.0 Å². The topological polar surface area (TPSA) is 112 Å². The molecular weight excluding hydrogens is 494 g/mol. The summed E-state index contributed by atoms with van der Waals surface area (Å²) in [6.07, 6.45) is 1.73. The minimum atomic E-state index is -0.775. The second-order valence-electron chi connectivity index (χ2n) is 7.94. The SMILES string of the molecule is CCOC(=O)C1=C(C)N=c2s/c(=C\c3cccc(OCC#N)c3)c(=O)n2[C@H]1c1ccc(OC)c(OC)c1. The molecule has 2 heterocycles. The third-order valence-corrected chi connectivity index (χ3v) is 6.68. The molecule has 0 amide bonds. The van der Waals surface area contributed by atoms with Crippen LogP contribution in [0.5, 0.6) is 17.2 Å². The predicted octanol–water partition coefficient (Wildman–Crippen LogP) is 2.72. The summed E-state index contributed by atoms with van der Waals surface area (Å²) in [6, 6.07) is 13.5. The molecule has 0 unspecified atom stereocenters. The Morgan fingerprint density at radius 1 is 1.19 bits per heavy atom. The van der Waals surface area contributed by atoms with Gasteiger partial charge in [0.15, 0.2) is 22.9 Å². The number of allylic oxidation sites excluding steroid dienone is 1. The Labute approximate surface area is 217 Å². The second-order valence-corrected chi connectivity index (χ2v) is 8.95. The zero-order valence-corrected chi connectivity index (χ0v) is 21.6. The van der Waals surface area contributed by atoms with Crippen LogP contribution < -0.4 is 29.1 Å². The lowest BCUT2D eigenvalue weighted by atomic mass is 9.95. The Hall–Kier alpha value is -4.36. The van der Waals surface area contributed by atoms with Crippen molar-refractivity contribution in [1.82, 2.24) is 4.57 Å². The van der Waals surface area contributed by atoms with Crippen LogP contribution in [0.4, 0.5) is 0 Å². The molecule has 190 valence electrons. The van der Waals surface area contributed by atoms with Crippen LogP contribution in [0.25, 0.3) is 6.08 Å². The highest BCUT2D eigenvalue weighted by atomic mass is 32.1. The largest absolute Gasteiger partial charge is 0.493 e. The maximum atomic E-state index is 13.7. The van der Waals surface area contributed by atoms with E-state index in [1.165, 1.54) is 30.1 Å². The number of rotatable bonds is 8. The number of esters is 1. The number of hydrogen-bond donors (Lipinski definition) is 0. The Morgan fingerprint density at radius 2 is 1.97 bits per heavy atom. The number of aromatic nitrogens is 1. The summed E-state index contributed by atoms with van der Waals surface area (Å²) >= 11 is 1.22. The van der Waals surface area contributed by atoms with Crippen molar-refractivity contribution in [2.45, 2.75) is 19.9 Å². The average molecular weight is 520 g/mol. The third-order valence-electron chi connectivity index (χ3n) is 5.70. The quantitative estimate of drug-likeness (QED) is 0.421. The van der Waals surface area contributed by atoms with E-state index in [-0.39, 0.29) is 24.3 Å². The fourth-order valence-electron chi connectivity index (χ4n) is 4.09. The summed E-state index contributed by atoms with van der Waals surface area (Å²) in [4.78, 5) is 31.9. The van der Waals surface area contributed by atoms with Crippen molar-refractivity contribution in [3.8, 4) is 23.3 Å². The number of fused-ring (bicyclic) bond motifs is 1.